The van der Waals surface area contributed by atoms with Gasteiger partial charge in [-0.3, -0.25) is 0 Å². The first-order valence-electron chi connectivity index (χ1n) is 13.2. The van der Waals surface area contributed by atoms with Crippen molar-refractivity contribution in [3.63, 3.8) is 0 Å². The Bertz CT molecular complexity index is 1270. The number of rotatable bonds is 7. The third kappa shape index (κ3) is 5.83. The molecule has 0 bridgehead atoms. The second-order valence-electron chi connectivity index (χ2n) is 9.96. The van der Waals surface area contributed by atoms with Gasteiger partial charge < -0.3 is 20.3 Å². The molecule has 1 saturated heterocycles. The summed E-state index contributed by atoms with van der Waals surface area (Å²) in [4.78, 5) is 15.5. The van der Waals surface area contributed by atoms with Gasteiger partial charge in [0, 0.05) is 17.3 Å². The van der Waals surface area contributed by atoms with E-state index in [4.69, 9.17) is 9.72 Å². The molecule has 2 aliphatic rings. The molecule has 2 aliphatic heterocycles. The normalized spacial score (nSPS) is 15.6. The number of nitrogens with one attached hydrogen (secondary N) is 2. The number of nitrogens with zero attached hydrogens (tertiary/aromatic N) is 4. The molecule has 0 spiro atoms. The van der Waals surface area contributed by atoms with Crippen LogP contribution in [0.2, 0.25) is 0 Å². The number of benzene rings is 1. The van der Waals surface area contributed by atoms with Crippen LogP contribution in [0.15, 0.2) is 30.5 Å². The van der Waals surface area contributed by atoms with Crippen LogP contribution in [0.3, 0.4) is 0 Å². The lowest BCUT2D eigenvalue weighted by Crippen LogP contribution is -2.38. The molecule has 4 heterocycles. The molecule has 1 aromatic carbocycles. The minimum atomic E-state index is -0.626. The molecule has 0 radical (unpaired) electrons. The van der Waals surface area contributed by atoms with Gasteiger partial charge in [0.2, 0.25) is 5.95 Å². The fourth-order valence-electron chi connectivity index (χ4n) is 5.24. The van der Waals surface area contributed by atoms with E-state index in [9.17, 15) is 8.78 Å². The zero-order chi connectivity index (χ0) is 25.9. The summed E-state index contributed by atoms with van der Waals surface area (Å²) in [5.41, 5.74) is 3.33. The summed E-state index contributed by atoms with van der Waals surface area (Å²) in [5.74, 6) is 0.346. The Morgan fingerprint density at radius 3 is 2.66 bits per heavy atom. The van der Waals surface area contributed by atoms with Crippen LogP contribution in [0.5, 0.6) is 5.75 Å². The van der Waals surface area contributed by atoms with E-state index in [1.165, 1.54) is 11.6 Å². The van der Waals surface area contributed by atoms with Crippen LogP contribution in [0.1, 0.15) is 57.2 Å². The second-order valence-corrected chi connectivity index (χ2v) is 9.96. The largest absolute Gasteiger partial charge is 0.486 e. The summed E-state index contributed by atoms with van der Waals surface area (Å²) in [7, 11) is 0. The Hall–Kier alpha value is -3.04. The maximum Gasteiger partial charge on any atom is 0.229 e. The maximum absolute atomic E-state index is 15.0. The molecule has 0 saturated carbocycles. The minimum absolute atomic E-state index is 0. The highest BCUT2D eigenvalue weighted by atomic mass is 35.5. The Kier molecular flexibility index (Phi) is 8.99. The topological polar surface area (TPSA) is 75.2 Å². The summed E-state index contributed by atoms with van der Waals surface area (Å²) in [6.07, 6.45) is 5.19. The first kappa shape index (κ1) is 28.0. The molecule has 7 nitrogen and oxygen atoms in total. The van der Waals surface area contributed by atoms with Crippen molar-refractivity contribution in [2.24, 2.45) is 0 Å². The standard InChI is InChI=1S/C28H34F2N6O.ClH/c1-4-5-23-20(18-8-10-31-11-9-18)6-7-25(33-23)34-28-32-16-22(30)26(35-28)19-14-21(29)27-24(15-19)36(17(2)3)12-13-37-27;/h6-7,14-18,31H,4-5,8-13H2,1-3H3,(H,32,33,34,35);1H. The van der Waals surface area contributed by atoms with E-state index in [1.54, 1.807) is 6.07 Å². The number of ether oxygens (including phenoxy) is 1. The molecular formula is C28H35ClF2N6O. The number of hydrogen-bond acceptors (Lipinski definition) is 7. The van der Waals surface area contributed by atoms with Crippen LogP contribution < -0.4 is 20.3 Å². The van der Waals surface area contributed by atoms with Gasteiger partial charge >= 0.3 is 0 Å². The molecule has 0 aliphatic carbocycles. The highest BCUT2D eigenvalue weighted by Gasteiger charge is 2.26. The molecule has 0 amide bonds. The number of fused-ring (bicyclic) bond motifs is 1. The Labute approximate surface area is 228 Å². The van der Waals surface area contributed by atoms with Gasteiger partial charge in [-0.05, 0) is 75.9 Å². The van der Waals surface area contributed by atoms with Crippen molar-refractivity contribution in [2.45, 2.75) is 58.4 Å². The van der Waals surface area contributed by atoms with E-state index in [0.717, 1.165) is 50.7 Å². The van der Waals surface area contributed by atoms with Crippen molar-refractivity contribution in [1.82, 2.24) is 20.3 Å². The number of aryl methyl sites for hydroxylation is 1. The van der Waals surface area contributed by atoms with Crippen LogP contribution in [0.4, 0.5) is 26.2 Å². The van der Waals surface area contributed by atoms with Crippen molar-refractivity contribution in [3.05, 3.63) is 53.4 Å². The van der Waals surface area contributed by atoms with Crippen LogP contribution in [-0.2, 0) is 6.42 Å². The van der Waals surface area contributed by atoms with Gasteiger partial charge in [0.1, 0.15) is 18.1 Å². The molecule has 0 atom stereocenters. The highest BCUT2D eigenvalue weighted by molar-refractivity contribution is 5.85. The Morgan fingerprint density at radius 1 is 1.13 bits per heavy atom. The first-order valence-corrected chi connectivity index (χ1v) is 13.2. The van der Waals surface area contributed by atoms with Gasteiger partial charge in [0.05, 0.1) is 18.4 Å². The van der Waals surface area contributed by atoms with Crippen LogP contribution in [-0.4, -0.2) is 47.2 Å². The van der Waals surface area contributed by atoms with Gasteiger partial charge in [0.15, 0.2) is 17.4 Å². The molecule has 1 fully saturated rings. The van der Waals surface area contributed by atoms with Gasteiger partial charge in [0.25, 0.3) is 0 Å². The van der Waals surface area contributed by atoms with Crippen LogP contribution in [0, 0.1) is 11.6 Å². The minimum Gasteiger partial charge on any atom is -0.486 e. The number of piperidine rings is 1. The fraction of sp³-hybridized carbons (Fsp3) is 0.464. The van der Waals surface area contributed by atoms with E-state index in [1.807, 2.05) is 24.8 Å². The molecule has 5 rings (SSSR count). The maximum atomic E-state index is 15.0. The monoisotopic (exact) mass is 544 g/mol. The highest BCUT2D eigenvalue weighted by Crippen LogP contribution is 2.39. The van der Waals surface area contributed by atoms with Crippen molar-refractivity contribution in [1.29, 1.82) is 0 Å². The zero-order valence-electron chi connectivity index (χ0n) is 22.1. The van der Waals surface area contributed by atoms with Gasteiger partial charge in [-0.2, -0.15) is 0 Å². The smallest absolute Gasteiger partial charge is 0.229 e. The van der Waals surface area contributed by atoms with Crippen LogP contribution >= 0.6 is 12.4 Å². The Balaban J connectivity index is 0.00000336. The van der Waals surface area contributed by atoms with E-state index in [0.29, 0.717) is 36.1 Å². The molecule has 3 aromatic rings. The third-order valence-corrected chi connectivity index (χ3v) is 7.07. The first-order chi connectivity index (χ1) is 17.9. The summed E-state index contributed by atoms with van der Waals surface area (Å²) >= 11 is 0. The lowest BCUT2D eigenvalue weighted by molar-refractivity contribution is 0.287. The number of anilines is 3. The average Bonchev–Trinajstić information content (AvgIpc) is 2.90. The van der Waals surface area contributed by atoms with E-state index in [-0.39, 0.29) is 35.8 Å². The summed E-state index contributed by atoms with van der Waals surface area (Å²) in [5, 5.41) is 6.55. The molecule has 0 unspecified atom stereocenters. The predicted octanol–water partition coefficient (Wildman–Crippen LogP) is 6.01. The van der Waals surface area contributed by atoms with Crippen molar-refractivity contribution < 1.29 is 13.5 Å². The predicted molar refractivity (Wildman–Crippen MR) is 149 cm³/mol. The molecular weight excluding hydrogens is 510 g/mol. The van der Waals surface area contributed by atoms with Crippen molar-refractivity contribution in [3.8, 4) is 17.0 Å². The number of pyridine rings is 1. The third-order valence-electron chi connectivity index (χ3n) is 7.07. The lowest BCUT2D eigenvalue weighted by atomic mass is 9.88. The average molecular weight is 545 g/mol. The van der Waals surface area contributed by atoms with Gasteiger partial charge in [-0.15, -0.1) is 12.4 Å². The molecule has 10 heteroatoms. The number of hydrogen-bond donors (Lipinski definition) is 2. The summed E-state index contributed by atoms with van der Waals surface area (Å²) < 4.78 is 35.5. The Morgan fingerprint density at radius 2 is 1.92 bits per heavy atom. The van der Waals surface area contributed by atoms with Crippen molar-refractivity contribution in [2.75, 3.05) is 36.5 Å². The second kappa shape index (κ2) is 12.2. The molecule has 2 aromatic heterocycles. The number of aromatic nitrogens is 3. The lowest BCUT2D eigenvalue weighted by Gasteiger charge is -2.34. The molecule has 2 N–H and O–H groups in total. The zero-order valence-corrected chi connectivity index (χ0v) is 22.9. The van der Waals surface area contributed by atoms with E-state index in [2.05, 4.69) is 33.6 Å². The van der Waals surface area contributed by atoms with Crippen LogP contribution in [0.25, 0.3) is 11.3 Å². The summed E-state index contributed by atoms with van der Waals surface area (Å²) in [6, 6.07) is 7.21. The van der Waals surface area contributed by atoms with Gasteiger partial charge in [-0.25, -0.2) is 23.7 Å². The van der Waals surface area contributed by atoms with Gasteiger partial charge in [-0.1, -0.05) is 19.4 Å². The SMILES string of the molecule is CCCc1nc(Nc2ncc(F)c(-c3cc(F)c4c(c3)N(C(C)C)CCO4)n2)ccc1C1CCNCC1.Cl. The summed E-state index contributed by atoms with van der Waals surface area (Å²) in [6.45, 7) is 9.28. The number of halogens is 3. The fourth-order valence-corrected chi connectivity index (χ4v) is 5.24. The van der Waals surface area contributed by atoms with Crippen molar-refractivity contribution >= 4 is 29.9 Å². The van der Waals surface area contributed by atoms with E-state index >= 15 is 0 Å². The molecule has 38 heavy (non-hydrogen) atoms. The molecule has 204 valence electrons. The quantitative estimate of drug-likeness (QED) is 0.377. The van der Waals surface area contributed by atoms with E-state index < -0.39 is 11.6 Å².